The van der Waals surface area contributed by atoms with Crippen molar-refractivity contribution in [2.24, 2.45) is 0 Å². The summed E-state index contributed by atoms with van der Waals surface area (Å²) in [5.41, 5.74) is 1.12. The molecule has 1 aromatic carbocycles. The van der Waals surface area contributed by atoms with Crippen molar-refractivity contribution in [1.29, 1.82) is 0 Å². The maximum atomic E-state index is 10.5. The van der Waals surface area contributed by atoms with E-state index in [4.69, 9.17) is 5.11 Å². The fourth-order valence-corrected chi connectivity index (χ4v) is 2.60. The molecule has 0 heterocycles. The van der Waals surface area contributed by atoms with Crippen LogP contribution in [-0.2, 0) is 0 Å². The summed E-state index contributed by atoms with van der Waals surface area (Å²) in [7, 11) is 0. The minimum Gasteiger partial charge on any atom is -0.465 e. The molecule has 0 radical (unpaired) electrons. The third kappa shape index (κ3) is 3.91. The zero-order valence-electron chi connectivity index (χ0n) is 10.0. The zero-order chi connectivity index (χ0) is 13.0. The topological polar surface area (TPSA) is 61.4 Å². The number of carboxylic acid groups (broad SMARTS) is 1. The van der Waals surface area contributed by atoms with Gasteiger partial charge in [-0.25, -0.2) is 4.79 Å². The molecule has 0 atom stereocenters. The summed E-state index contributed by atoms with van der Waals surface area (Å²) in [5.74, 6) is 0. The minimum atomic E-state index is -0.917. The second-order valence-electron chi connectivity index (χ2n) is 4.65. The van der Waals surface area contributed by atoms with Crippen LogP contribution in [0.1, 0.15) is 25.7 Å². The third-order valence-corrected chi connectivity index (χ3v) is 3.80. The lowest BCUT2D eigenvalue weighted by Gasteiger charge is -2.29. The van der Waals surface area contributed by atoms with Crippen molar-refractivity contribution in [3.05, 3.63) is 28.7 Å². The molecule has 0 bridgehead atoms. The SMILES string of the molecule is O=C(O)N[C@H]1CC[C@H](Nc2ccc(Br)cc2)CC1. The first kappa shape index (κ1) is 13.2. The summed E-state index contributed by atoms with van der Waals surface area (Å²) in [6.07, 6.45) is 2.89. The number of carbonyl (C=O) groups is 1. The number of amides is 1. The van der Waals surface area contributed by atoms with Gasteiger partial charge < -0.3 is 15.7 Å². The van der Waals surface area contributed by atoms with E-state index in [-0.39, 0.29) is 6.04 Å². The Morgan fingerprint density at radius 2 is 1.67 bits per heavy atom. The zero-order valence-corrected chi connectivity index (χ0v) is 11.6. The Morgan fingerprint density at radius 1 is 1.11 bits per heavy atom. The third-order valence-electron chi connectivity index (χ3n) is 3.27. The number of rotatable bonds is 3. The van der Waals surface area contributed by atoms with E-state index in [1.165, 1.54) is 0 Å². The van der Waals surface area contributed by atoms with Gasteiger partial charge in [0.25, 0.3) is 0 Å². The highest BCUT2D eigenvalue weighted by atomic mass is 79.9. The summed E-state index contributed by atoms with van der Waals surface area (Å²) in [4.78, 5) is 10.5. The summed E-state index contributed by atoms with van der Waals surface area (Å²) in [6.45, 7) is 0. The molecule has 0 aliphatic heterocycles. The number of hydrogen-bond acceptors (Lipinski definition) is 2. The van der Waals surface area contributed by atoms with Gasteiger partial charge in [-0.3, -0.25) is 0 Å². The normalized spacial score (nSPS) is 23.4. The fraction of sp³-hybridized carbons (Fsp3) is 0.462. The Hall–Kier alpha value is -1.23. The molecule has 1 aromatic rings. The fourth-order valence-electron chi connectivity index (χ4n) is 2.34. The maximum Gasteiger partial charge on any atom is 0.404 e. The predicted octanol–water partition coefficient (Wildman–Crippen LogP) is 3.44. The monoisotopic (exact) mass is 312 g/mol. The Labute approximate surface area is 115 Å². The number of halogens is 1. The molecule has 3 N–H and O–H groups in total. The van der Waals surface area contributed by atoms with E-state index in [0.717, 1.165) is 35.8 Å². The highest BCUT2D eigenvalue weighted by molar-refractivity contribution is 9.10. The van der Waals surface area contributed by atoms with Crippen LogP contribution >= 0.6 is 15.9 Å². The second-order valence-corrected chi connectivity index (χ2v) is 5.56. The van der Waals surface area contributed by atoms with Crippen molar-refractivity contribution in [2.75, 3.05) is 5.32 Å². The average molecular weight is 313 g/mol. The Kier molecular flexibility index (Phi) is 4.47. The van der Waals surface area contributed by atoms with Crippen LogP contribution in [0.2, 0.25) is 0 Å². The van der Waals surface area contributed by atoms with E-state index in [1.54, 1.807) is 0 Å². The molecule has 1 amide bonds. The summed E-state index contributed by atoms with van der Waals surface area (Å²) < 4.78 is 1.07. The molecule has 5 heteroatoms. The van der Waals surface area contributed by atoms with Crippen LogP contribution in [0, 0.1) is 0 Å². The van der Waals surface area contributed by atoms with Gasteiger partial charge in [0.2, 0.25) is 0 Å². The van der Waals surface area contributed by atoms with E-state index in [9.17, 15) is 4.79 Å². The van der Waals surface area contributed by atoms with Gasteiger partial charge in [0.1, 0.15) is 0 Å². The highest BCUT2D eigenvalue weighted by Crippen LogP contribution is 2.23. The van der Waals surface area contributed by atoms with Crippen molar-refractivity contribution in [2.45, 2.75) is 37.8 Å². The molecular formula is C13H17BrN2O2. The molecule has 1 aliphatic rings. The van der Waals surface area contributed by atoms with Gasteiger partial charge in [-0.05, 0) is 49.9 Å². The largest absolute Gasteiger partial charge is 0.465 e. The van der Waals surface area contributed by atoms with Gasteiger partial charge in [0.05, 0.1) is 0 Å². The average Bonchev–Trinajstić information content (AvgIpc) is 2.34. The molecule has 98 valence electrons. The van der Waals surface area contributed by atoms with Crippen molar-refractivity contribution in [1.82, 2.24) is 5.32 Å². The summed E-state index contributed by atoms with van der Waals surface area (Å²) in [5, 5.41) is 14.7. The van der Waals surface area contributed by atoms with Crippen molar-refractivity contribution in [3.63, 3.8) is 0 Å². The van der Waals surface area contributed by atoms with Gasteiger partial charge in [-0.2, -0.15) is 0 Å². The van der Waals surface area contributed by atoms with Crippen LogP contribution in [0.4, 0.5) is 10.5 Å². The maximum absolute atomic E-state index is 10.5. The number of benzene rings is 1. The lowest BCUT2D eigenvalue weighted by Crippen LogP contribution is -2.39. The van der Waals surface area contributed by atoms with Gasteiger partial charge in [0, 0.05) is 22.2 Å². The molecule has 18 heavy (non-hydrogen) atoms. The molecule has 4 nitrogen and oxygen atoms in total. The van der Waals surface area contributed by atoms with Crippen LogP contribution in [-0.4, -0.2) is 23.3 Å². The highest BCUT2D eigenvalue weighted by Gasteiger charge is 2.21. The number of hydrogen-bond donors (Lipinski definition) is 3. The van der Waals surface area contributed by atoms with Crippen LogP contribution in [0.15, 0.2) is 28.7 Å². The van der Waals surface area contributed by atoms with Gasteiger partial charge >= 0.3 is 6.09 Å². The molecule has 1 fully saturated rings. The van der Waals surface area contributed by atoms with E-state index in [2.05, 4.69) is 26.6 Å². The van der Waals surface area contributed by atoms with E-state index in [1.807, 2.05) is 24.3 Å². The van der Waals surface area contributed by atoms with Crippen LogP contribution in [0.25, 0.3) is 0 Å². The molecule has 1 aliphatic carbocycles. The Morgan fingerprint density at radius 3 is 2.22 bits per heavy atom. The van der Waals surface area contributed by atoms with Crippen molar-refractivity contribution >= 4 is 27.7 Å². The standard InChI is InChI=1S/C13H17BrN2O2/c14-9-1-3-10(4-2-9)15-11-5-7-12(8-6-11)16-13(17)18/h1-4,11-12,15-16H,5-8H2,(H,17,18)/t11-,12-. The summed E-state index contributed by atoms with van der Waals surface area (Å²) in [6, 6.07) is 8.68. The quantitative estimate of drug-likeness (QED) is 0.801. The first-order valence-corrected chi connectivity index (χ1v) is 6.94. The Balaban J connectivity index is 1.79. The van der Waals surface area contributed by atoms with E-state index >= 15 is 0 Å². The summed E-state index contributed by atoms with van der Waals surface area (Å²) >= 11 is 3.41. The minimum absolute atomic E-state index is 0.116. The number of anilines is 1. The van der Waals surface area contributed by atoms with Gasteiger partial charge in [-0.15, -0.1) is 0 Å². The molecule has 0 unspecified atom stereocenters. The smallest absolute Gasteiger partial charge is 0.404 e. The van der Waals surface area contributed by atoms with E-state index in [0.29, 0.717) is 6.04 Å². The van der Waals surface area contributed by atoms with Crippen molar-refractivity contribution in [3.8, 4) is 0 Å². The lowest BCUT2D eigenvalue weighted by molar-refractivity contribution is 0.185. The van der Waals surface area contributed by atoms with Crippen LogP contribution in [0.3, 0.4) is 0 Å². The molecule has 0 aromatic heterocycles. The van der Waals surface area contributed by atoms with Crippen LogP contribution < -0.4 is 10.6 Å². The van der Waals surface area contributed by atoms with Crippen LogP contribution in [0.5, 0.6) is 0 Å². The first-order chi connectivity index (χ1) is 8.63. The lowest BCUT2D eigenvalue weighted by atomic mass is 9.91. The predicted molar refractivity (Wildman–Crippen MR) is 75.0 cm³/mol. The van der Waals surface area contributed by atoms with Gasteiger partial charge in [0.15, 0.2) is 0 Å². The first-order valence-electron chi connectivity index (χ1n) is 6.15. The van der Waals surface area contributed by atoms with Crippen molar-refractivity contribution < 1.29 is 9.90 Å². The van der Waals surface area contributed by atoms with Gasteiger partial charge in [-0.1, -0.05) is 15.9 Å². The molecule has 0 saturated heterocycles. The number of nitrogens with one attached hydrogen (secondary N) is 2. The Bertz CT molecular complexity index is 400. The second kappa shape index (κ2) is 6.09. The molecule has 2 rings (SSSR count). The molecular weight excluding hydrogens is 296 g/mol. The van der Waals surface area contributed by atoms with E-state index < -0.39 is 6.09 Å². The molecule has 1 saturated carbocycles. The molecule has 0 spiro atoms.